The molecule has 0 spiro atoms. The number of nitrogens with one attached hydrogen (secondary N) is 1. The number of hydrogen-bond acceptors (Lipinski definition) is 4. The summed E-state index contributed by atoms with van der Waals surface area (Å²) in [6, 6.07) is 0. The predicted octanol–water partition coefficient (Wildman–Crippen LogP) is -1.11. The number of rotatable bonds is 4. The van der Waals surface area contributed by atoms with Gasteiger partial charge in [0.15, 0.2) is 5.84 Å². The Hall–Kier alpha value is -1.25. The largest absolute Gasteiger partial charge is 0.409 e. The van der Waals surface area contributed by atoms with Crippen LogP contribution in [0, 0.1) is 12.3 Å². The zero-order chi connectivity index (χ0) is 7.82. The van der Waals surface area contributed by atoms with Crippen molar-refractivity contribution in [1.29, 1.82) is 0 Å². The molecule has 0 fully saturated rings. The van der Waals surface area contributed by atoms with Crippen molar-refractivity contribution in [2.24, 2.45) is 10.9 Å². The van der Waals surface area contributed by atoms with Crippen LogP contribution in [0.15, 0.2) is 5.16 Å². The summed E-state index contributed by atoms with van der Waals surface area (Å²) in [5.74, 6) is 2.27. The molecule has 0 heterocycles. The van der Waals surface area contributed by atoms with Gasteiger partial charge in [0.2, 0.25) is 0 Å². The fourth-order valence-electron chi connectivity index (χ4n) is 0.253. The number of nitrogens with zero attached hydrogens (tertiary/aromatic N) is 1. The third-order valence-corrected chi connectivity index (χ3v) is 0.639. The van der Waals surface area contributed by atoms with Crippen LogP contribution < -0.4 is 11.2 Å². The van der Waals surface area contributed by atoms with E-state index in [-0.39, 0.29) is 19.0 Å². The number of nitrogens with two attached hydrogens (primary N) is 1. The fourth-order valence-corrected chi connectivity index (χ4v) is 0.253. The third-order valence-electron chi connectivity index (χ3n) is 0.639. The van der Waals surface area contributed by atoms with Gasteiger partial charge < -0.3 is 10.9 Å². The lowest BCUT2D eigenvalue weighted by Crippen LogP contribution is -2.29. The van der Waals surface area contributed by atoms with Crippen molar-refractivity contribution in [1.82, 2.24) is 5.48 Å². The highest BCUT2D eigenvalue weighted by Crippen LogP contribution is 1.65. The molecule has 0 aliphatic carbocycles. The summed E-state index contributed by atoms with van der Waals surface area (Å²) in [4.78, 5) is 4.60. The first-order valence-electron chi connectivity index (χ1n) is 2.55. The van der Waals surface area contributed by atoms with Gasteiger partial charge in [0.05, 0.1) is 6.54 Å². The van der Waals surface area contributed by atoms with Gasteiger partial charge in [-0.05, 0) is 0 Å². The summed E-state index contributed by atoms with van der Waals surface area (Å²) in [5, 5.41) is 10.7. The zero-order valence-corrected chi connectivity index (χ0v) is 5.37. The van der Waals surface area contributed by atoms with E-state index in [2.05, 4.69) is 21.4 Å². The molecule has 56 valence electrons. The summed E-state index contributed by atoms with van der Waals surface area (Å²) < 4.78 is 0. The van der Waals surface area contributed by atoms with Crippen molar-refractivity contribution in [2.45, 2.75) is 0 Å². The van der Waals surface area contributed by atoms with E-state index in [1.54, 1.807) is 0 Å². The average molecular weight is 143 g/mol. The maximum atomic E-state index is 8.02. The molecular formula is C5H9N3O2. The third kappa shape index (κ3) is 4.90. The van der Waals surface area contributed by atoms with Crippen LogP contribution in [-0.2, 0) is 4.84 Å². The quantitative estimate of drug-likeness (QED) is 0.116. The van der Waals surface area contributed by atoms with Gasteiger partial charge in [0.1, 0.15) is 6.61 Å². The first-order valence-corrected chi connectivity index (χ1v) is 2.55. The standard InChI is InChI=1S/C5H9N3O2/c1-2-3-10-7-4-5(6)8-9/h1,7,9H,3-4H2,(H2,6,8). The summed E-state index contributed by atoms with van der Waals surface area (Å²) >= 11 is 0. The maximum Gasteiger partial charge on any atom is 0.155 e. The SMILES string of the molecule is C#CCONC/C(N)=N/O. The Balaban J connectivity index is 3.14. The molecular weight excluding hydrogens is 134 g/mol. The van der Waals surface area contributed by atoms with Crippen LogP contribution in [-0.4, -0.2) is 24.2 Å². The molecule has 0 aromatic rings. The Morgan fingerprint density at radius 2 is 2.60 bits per heavy atom. The Labute approximate surface area is 58.8 Å². The second kappa shape index (κ2) is 5.88. The lowest BCUT2D eigenvalue weighted by molar-refractivity contribution is 0.0767. The number of amidine groups is 1. The molecule has 5 heteroatoms. The van der Waals surface area contributed by atoms with E-state index in [9.17, 15) is 0 Å². The minimum absolute atomic E-state index is 0.0389. The van der Waals surface area contributed by atoms with Gasteiger partial charge in [-0.3, -0.25) is 4.84 Å². The van der Waals surface area contributed by atoms with E-state index in [1.165, 1.54) is 0 Å². The average Bonchev–Trinajstić information content (AvgIpc) is 1.98. The molecule has 0 radical (unpaired) electrons. The lowest BCUT2D eigenvalue weighted by atomic mass is 10.6. The van der Waals surface area contributed by atoms with Gasteiger partial charge in [-0.1, -0.05) is 11.1 Å². The molecule has 0 aliphatic rings. The van der Waals surface area contributed by atoms with Gasteiger partial charge in [0.25, 0.3) is 0 Å². The normalized spacial score (nSPS) is 10.9. The Bertz CT molecular complexity index is 149. The van der Waals surface area contributed by atoms with E-state index in [0.29, 0.717) is 0 Å². The van der Waals surface area contributed by atoms with Crippen LogP contribution in [0.2, 0.25) is 0 Å². The Morgan fingerprint density at radius 1 is 1.90 bits per heavy atom. The van der Waals surface area contributed by atoms with E-state index >= 15 is 0 Å². The molecule has 0 bridgehead atoms. The molecule has 0 amide bonds. The van der Waals surface area contributed by atoms with Crippen molar-refractivity contribution in [3.63, 3.8) is 0 Å². The van der Waals surface area contributed by atoms with Gasteiger partial charge in [0, 0.05) is 0 Å². The highest BCUT2D eigenvalue weighted by atomic mass is 16.6. The molecule has 0 rings (SSSR count). The molecule has 0 aliphatic heterocycles. The van der Waals surface area contributed by atoms with Crippen LogP contribution >= 0.6 is 0 Å². The highest BCUT2D eigenvalue weighted by Gasteiger charge is 1.89. The molecule has 0 aromatic heterocycles. The first-order chi connectivity index (χ1) is 4.81. The smallest absolute Gasteiger partial charge is 0.155 e. The summed E-state index contributed by atoms with van der Waals surface area (Å²) in [7, 11) is 0. The van der Waals surface area contributed by atoms with E-state index in [4.69, 9.17) is 17.4 Å². The molecule has 0 atom stereocenters. The van der Waals surface area contributed by atoms with Gasteiger partial charge in [-0.15, -0.1) is 6.42 Å². The van der Waals surface area contributed by atoms with Crippen molar-refractivity contribution < 1.29 is 10.0 Å². The van der Waals surface area contributed by atoms with Crippen molar-refractivity contribution in [2.75, 3.05) is 13.2 Å². The van der Waals surface area contributed by atoms with Crippen LogP contribution in [0.3, 0.4) is 0 Å². The van der Waals surface area contributed by atoms with E-state index in [1.807, 2.05) is 0 Å². The molecule has 5 nitrogen and oxygen atoms in total. The molecule has 10 heavy (non-hydrogen) atoms. The molecule has 4 N–H and O–H groups in total. The number of hydrogen-bond donors (Lipinski definition) is 3. The summed E-state index contributed by atoms with van der Waals surface area (Å²) in [6.45, 7) is 0.302. The van der Waals surface area contributed by atoms with Crippen molar-refractivity contribution >= 4 is 5.84 Å². The number of hydroxylamine groups is 1. The molecule has 0 saturated heterocycles. The van der Waals surface area contributed by atoms with Crippen LogP contribution in [0.25, 0.3) is 0 Å². The topological polar surface area (TPSA) is 79.9 Å². The van der Waals surface area contributed by atoms with Gasteiger partial charge in [-0.2, -0.15) is 5.48 Å². The van der Waals surface area contributed by atoms with Crippen LogP contribution in [0.1, 0.15) is 0 Å². The highest BCUT2D eigenvalue weighted by molar-refractivity contribution is 5.81. The van der Waals surface area contributed by atoms with Crippen LogP contribution in [0.4, 0.5) is 0 Å². The molecule has 0 aromatic carbocycles. The lowest BCUT2D eigenvalue weighted by Gasteiger charge is -1.99. The number of oxime groups is 1. The van der Waals surface area contributed by atoms with E-state index < -0.39 is 0 Å². The zero-order valence-electron chi connectivity index (χ0n) is 5.37. The van der Waals surface area contributed by atoms with Gasteiger partial charge >= 0.3 is 0 Å². The summed E-state index contributed by atoms with van der Waals surface area (Å²) in [5.41, 5.74) is 7.44. The van der Waals surface area contributed by atoms with Gasteiger partial charge in [-0.25, -0.2) is 0 Å². The maximum absolute atomic E-state index is 8.02. The monoisotopic (exact) mass is 143 g/mol. The molecule has 0 saturated carbocycles. The van der Waals surface area contributed by atoms with Crippen molar-refractivity contribution in [3.8, 4) is 12.3 Å². The Morgan fingerprint density at radius 3 is 3.10 bits per heavy atom. The first kappa shape index (κ1) is 8.75. The van der Waals surface area contributed by atoms with E-state index in [0.717, 1.165) is 0 Å². The second-order valence-corrected chi connectivity index (χ2v) is 1.41. The minimum Gasteiger partial charge on any atom is -0.409 e. The predicted molar refractivity (Wildman–Crippen MR) is 36.2 cm³/mol. The Kier molecular flexibility index (Phi) is 5.14. The summed E-state index contributed by atoms with van der Waals surface area (Å²) in [6.07, 6.45) is 4.85. The fraction of sp³-hybridized carbons (Fsp3) is 0.400. The minimum atomic E-state index is 0.0389. The van der Waals surface area contributed by atoms with Crippen molar-refractivity contribution in [3.05, 3.63) is 0 Å². The molecule has 0 unspecified atom stereocenters. The van der Waals surface area contributed by atoms with Crippen LogP contribution in [0.5, 0.6) is 0 Å². The second-order valence-electron chi connectivity index (χ2n) is 1.41. The number of terminal acetylenes is 1.